The Balaban J connectivity index is 0.000000207. The Hall–Kier alpha value is -4.23. The zero-order chi connectivity index (χ0) is 79.4. The third-order valence-electron chi connectivity index (χ3n) is 32.8. The molecule has 0 radical (unpaired) electrons. The lowest BCUT2D eigenvalue weighted by atomic mass is 9.73. The van der Waals surface area contributed by atoms with Crippen LogP contribution < -0.4 is 20.5 Å². The summed E-state index contributed by atoms with van der Waals surface area (Å²) in [5.41, 5.74) is 2.75. The summed E-state index contributed by atoms with van der Waals surface area (Å²) in [5, 5.41) is 3.29. The standard InChI is InChI=1S/C47H77N5O7S.C38H62N4O6S/c1-9-33-27-45(33,42(57)49-60(58,59)50-23-15-16-24-50)29-38(54)36-28-47(44(7,8)46(47)21-17-22-46)30-52(36)41(56)34(43(4,5)6)26-37(53)39(32-18-11-10-12-19-32)48-40(55)35-20-13-14-25-51(35)31(2)3;1-7-26-21-36(26,33(46)40-49(47,48)41-18-11-12-19-41)23-30(44)28-22-38(35(5,6)37(38)16-13-17-37)24-42(28)32(45)27(34(2,3)4)20-29(43)31(39)25-14-9-8-10-15-25/h31-36,39H,9-30H2,1-8H3,(H,48,55)(H,49,57);25-28,31H,7-24,39H2,1-6H3,(H,40,46)/t33-,34-,35+,36+,39+,45-,47-;26-,27-,28+,31+,36-,38-/m11/s1. The molecular weight excluding hydrogens is 1420 g/mol. The summed E-state index contributed by atoms with van der Waals surface area (Å²) < 4.78 is 60.0. The van der Waals surface area contributed by atoms with Crippen molar-refractivity contribution < 1.29 is 60.0 Å². The van der Waals surface area contributed by atoms with Gasteiger partial charge >= 0.3 is 20.4 Å². The van der Waals surface area contributed by atoms with Gasteiger partial charge in [0.25, 0.3) is 0 Å². The number of nitrogens with two attached hydrogens (primary N) is 1. The Kier molecular flexibility index (Phi) is 23.8. The maximum absolute atomic E-state index is 15.4. The summed E-state index contributed by atoms with van der Waals surface area (Å²) in [4.78, 5) is 136. The van der Waals surface area contributed by atoms with Gasteiger partial charge in [-0.3, -0.25) is 48.1 Å². The lowest BCUT2D eigenvalue weighted by Crippen LogP contribution is -2.57. The van der Waals surface area contributed by atoms with Gasteiger partial charge in [0.15, 0.2) is 23.1 Å². The van der Waals surface area contributed by atoms with E-state index < -0.39 is 89.9 Å². The SMILES string of the molecule is CC[C@@H]1C[C@]1(CC(=O)[C@@H]1C[C@@]2(CN1C(=O)[C@@H](CC(=O)[C@@H](N)C1CCCCC1)C(C)(C)C)C(C)(C)C21CCC1)C(=O)NS(=O)(=O)N1CCCC1.CC[C@@H]1C[C@]1(CC(=O)[C@@H]1C[C@@]2(CN1C(=O)[C@@H](CC(=O)[C@@H](NC(=O)[C@@H]1CCCCN1C(C)C)C1CCCCC1)C(C)(C)C)C(C)(C)C21CCC1)C(=O)NS(=O)(=O)N1CCCC1. The Morgan fingerprint density at radius 3 is 1.19 bits per heavy atom. The summed E-state index contributed by atoms with van der Waals surface area (Å²) in [6.07, 6.45) is 25.5. The van der Waals surface area contributed by atoms with E-state index in [0.717, 1.165) is 148 Å². The number of amides is 5. The quantitative estimate of drug-likeness (QED) is 0.0594. The lowest BCUT2D eigenvalue weighted by Gasteiger charge is -2.40. The van der Waals surface area contributed by atoms with Gasteiger partial charge in [-0.05, 0) is 192 Å². The van der Waals surface area contributed by atoms with Gasteiger partial charge in [0.2, 0.25) is 29.5 Å². The Morgan fingerprint density at radius 2 is 0.844 bits per heavy atom. The minimum atomic E-state index is -4.03. The molecule has 0 aromatic carbocycles. The van der Waals surface area contributed by atoms with Crippen LogP contribution in [0.1, 0.15) is 309 Å². The fraction of sp³-hybridized carbons (Fsp3) is 0.894. The molecule has 0 unspecified atom stereocenters. The van der Waals surface area contributed by atoms with Crippen LogP contribution in [0.15, 0.2) is 0 Å². The highest BCUT2D eigenvalue weighted by Gasteiger charge is 2.87. The molecule has 0 bridgehead atoms. The first-order valence-electron chi connectivity index (χ1n) is 43.2. The number of likely N-dealkylation sites (tertiary alicyclic amines) is 3. The predicted octanol–water partition coefficient (Wildman–Crippen LogP) is 11.7. The highest BCUT2D eigenvalue weighted by molar-refractivity contribution is 7.88. The van der Waals surface area contributed by atoms with E-state index in [-0.39, 0.29) is 135 Å². The van der Waals surface area contributed by atoms with Crippen LogP contribution in [-0.4, -0.2) is 175 Å². The number of carbonyl (C=O) groups excluding carboxylic acids is 9. The number of ketones is 4. The van der Waals surface area contributed by atoms with E-state index in [1.165, 1.54) is 15.0 Å². The number of piperidine rings is 1. The highest BCUT2D eigenvalue weighted by Crippen LogP contribution is 2.89. The van der Waals surface area contributed by atoms with E-state index in [9.17, 15) is 55.2 Å². The van der Waals surface area contributed by atoms with Gasteiger partial charge in [-0.15, -0.1) is 0 Å². The summed E-state index contributed by atoms with van der Waals surface area (Å²) in [6, 6.07) is -2.81. The van der Waals surface area contributed by atoms with Crippen molar-refractivity contribution in [1.82, 2.24) is 38.1 Å². The van der Waals surface area contributed by atoms with Crippen molar-refractivity contribution in [1.29, 1.82) is 0 Å². The van der Waals surface area contributed by atoms with E-state index in [4.69, 9.17) is 5.73 Å². The molecule has 24 heteroatoms. The Bertz CT molecular complexity index is 3720. The van der Waals surface area contributed by atoms with Gasteiger partial charge in [-0.1, -0.05) is 154 Å². The molecular formula is C85H139N9O13S2. The Labute approximate surface area is 653 Å². The maximum Gasteiger partial charge on any atom is 0.303 e. The van der Waals surface area contributed by atoms with E-state index >= 15 is 4.79 Å². The first-order chi connectivity index (χ1) is 51.0. The van der Waals surface area contributed by atoms with E-state index in [1.807, 2.05) is 55.4 Å². The predicted molar refractivity (Wildman–Crippen MR) is 420 cm³/mol. The molecule has 22 nitrogen and oxygen atoms in total. The monoisotopic (exact) mass is 1560 g/mol. The van der Waals surface area contributed by atoms with E-state index in [2.05, 4.69) is 61.2 Å². The minimum Gasteiger partial charge on any atom is -0.345 e. The summed E-state index contributed by atoms with van der Waals surface area (Å²) >= 11 is 0. The van der Waals surface area contributed by atoms with Crippen molar-refractivity contribution in [2.24, 2.45) is 95.4 Å². The number of hydrogen-bond acceptors (Lipinski definition) is 15. The fourth-order valence-electron chi connectivity index (χ4n) is 24.9. The van der Waals surface area contributed by atoms with Crippen molar-refractivity contribution >= 4 is 73.1 Å². The molecule has 4 spiro atoms. The van der Waals surface area contributed by atoms with Crippen LogP contribution in [0.5, 0.6) is 0 Å². The molecule has 5 heterocycles. The fourth-order valence-corrected chi connectivity index (χ4v) is 27.5. The van der Waals surface area contributed by atoms with Crippen molar-refractivity contribution in [2.75, 3.05) is 45.8 Å². The van der Waals surface area contributed by atoms with Gasteiger partial charge < -0.3 is 20.9 Å². The topological polar surface area (TPSA) is 300 Å². The van der Waals surface area contributed by atoms with Gasteiger partial charge in [-0.25, -0.2) is 9.44 Å². The van der Waals surface area contributed by atoms with Crippen LogP contribution in [0, 0.1) is 89.7 Å². The zero-order valence-electron chi connectivity index (χ0n) is 69.1. The molecule has 13 aliphatic rings. The molecule has 5 aliphatic heterocycles. The molecule has 13 rings (SSSR count). The number of Topliss-reactive ketones (excluding diaryl/α,β-unsaturated/α-hetero) is 4. The first-order valence-corrected chi connectivity index (χ1v) is 46.1. The molecule has 5 N–H and O–H groups in total. The van der Waals surface area contributed by atoms with Crippen LogP contribution in [0.4, 0.5) is 0 Å². The number of nitrogens with one attached hydrogen (secondary N) is 3. The second-order valence-corrected chi connectivity index (χ2v) is 44.1. The summed E-state index contributed by atoms with van der Waals surface area (Å²) in [7, 11) is -8.01. The average molecular weight is 1560 g/mol. The zero-order valence-corrected chi connectivity index (χ0v) is 70.8. The van der Waals surface area contributed by atoms with Gasteiger partial charge in [0.1, 0.15) is 0 Å². The number of nitrogens with zero attached hydrogens (tertiary/aromatic N) is 5. The van der Waals surface area contributed by atoms with Crippen LogP contribution in [0.25, 0.3) is 0 Å². The first kappa shape index (κ1) is 84.2. The largest absolute Gasteiger partial charge is 0.345 e. The molecule has 13 atom stereocenters. The Morgan fingerprint density at radius 1 is 0.468 bits per heavy atom. The second kappa shape index (κ2) is 30.8. The normalized spacial score (nSPS) is 33.2. The molecule has 5 saturated heterocycles. The highest BCUT2D eigenvalue weighted by atomic mass is 32.2. The molecule has 0 aromatic rings. The molecule has 8 aliphatic carbocycles. The second-order valence-electron chi connectivity index (χ2n) is 40.8. The van der Waals surface area contributed by atoms with Crippen molar-refractivity contribution in [3.63, 3.8) is 0 Å². The van der Waals surface area contributed by atoms with E-state index in [1.54, 1.807) is 9.80 Å². The number of rotatable bonds is 27. The lowest BCUT2D eigenvalue weighted by molar-refractivity contribution is -0.147. The molecule has 8 saturated carbocycles. The maximum atomic E-state index is 15.4. The third kappa shape index (κ3) is 14.9. The van der Waals surface area contributed by atoms with Crippen molar-refractivity contribution in [2.45, 2.75) is 345 Å². The van der Waals surface area contributed by atoms with Crippen LogP contribution in [0.2, 0.25) is 0 Å². The third-order valence-corrected chi connectivity index (χ3v) is 35.8. The number of hydrogen-bond donors (Lipinski definition) is 4. The van der Waals surface area contributed by atoms with Crippen LogP contribution >= 0.6 is 0 Å². The van der Waals surface area contributed by atoms with Crippen LogP contribution in [-0.2, 0) is 63.6 Å². The van der Waals surface area contributed by atoms with Crippen LogP contribution in [0.3, 0.4) is 0 Å². The van der Waals surface area contributed by atoms with Crippen molar-refractivity contribution in [3.05, 3.63) is 0 Å². The summed E-state index contributed by atoms with van der Waals surface area (Å²) in [5.74, 6) is -3.60. The molecule has 5 amide bonds. The number of fused-ring (bicyclic) bond motifs is 2. The number of carbonyl (C=O) groups is 9. The average Bonchev–Trinajstić information content (AvgIpc) is 1.46. The van der Waals surface area contributed by atoms with Gasteiger partial charge in [0, 0.05) is 93.7 Å². The van der Waals surface area contributed by atoms with Gasteiger partial charge in [-0.2, -0.15) is 25.4 Å². The molecule has 0 aromatic heterocycles. The van der Waals surface area contributed by atoms with Crippen molar-refractivity contribution in [3.8, 4) is 0 Å². The van der Waals surface area contributed by atoms with E-state index in [0.29, 0.717) is 77.8 Å². The summed E-state index contributed by atoms with van der Waals surface area (Å²) in [6.45, 7) is 32.5. The molecule has 13 fully saturated rings. The smallest absolute Gasteiger partial charge is 0.303 e. The van der Waals surface area contributed by atoms with Gasteiger partial charge in [0.05, 0.1) is 41.0 Å². The minimum absolute atomic E-state index is 0.0128. The molecule has 614 valence electrons. The molecule has 109 heavy (non-hydrogen) atoms.